The molecule has 0 aliphatic rings. The summed E-state index contributed by atoms with van der Waals surface area (Å²) in [5.74, 6) is 0.419. The molecule has 0 spiro atoms. The number of hydrogen-bond acceptors (Lipinski definition) is 4. The molecule has 0 saturated carbocycles. The molecule has 1 rings (SSSR count). The predicted octanol–water partition coefficient (Wildman–Crippen LogP) is 1.37. The van der Waals surface area contributed by atoms with E-state index in [0.717, 1.165) is 4.90 Å². The number of rotatable bonds is 4. The second-order valence-corrected chi connectivity index (χ2v) is 4.33. The lowest BCUT2D eigenvalue weighted by molar-refractivity contribution is 0.113. The van der Waals surface area contributed by atoms with E-state index in [0.29, 0.717) is 16.5 Å². The van der Waals surface area contributed by atoms with Crippen molar-refractivity contribution in [3.8, 4) is 0 Å². The topological polar surface area (TPSA) is 66.5 Å². The number of nitrogen functional groups attached to an aromatic ring is 1. The fourth-order valence-corrected chi connectivity index (χ4v) is 1.94. The number of hydrogen-bond donors (Lipinski definition) is 3. The Morgan fingerprint density at radius 3 is 2.79 bits per heavy atom. The first kappa shape index (κ1) is 11.7. The second-order valence-electron chi connectivity index (χ2n) is 2.83. The third-order valence-electron chi connectivity index (χ3n) is 1.61. The van der Waals surface area contributed by atoms with Crippen LogP contribution in [0.5, 0.6) is 0 Å². The van der Waals surface area contributed by atoms with E-state index in [4.69, 9.17) is 27.5 Å². The third-order valence-corrected chi connectivity index (χ3v) is 3.08. The Labute approximate surface area is 91.9 Å². The minimum absolute atomic E-state index is 0.236. The SMILES string of the molecule is Nc1cc(Cl)ccc1SCC(O)CO. The van der Waals surface area contributed by atoms with Crippen molar-refractivity contribution >= 4 is 29.1 Å². The molecular weight excluding hydrogens is 222 g/mol. The molecule has 3 nitrogen and oxygen atoms in total. The molecule has 0 heterocycles. The maximum atomic E-state index is 9.13. The van der Waals surface area contributed by atoms with Crippen molar-refractivity contribution in [1.82, 2.24) is 0 Å². The molecule has 4 N–H and O–H groups in total. The molecule has 5 heteroatoms. The van der Waals surface area contributed by atoms with Crippen LogP contribution in [0.2, 0.25) is 5.02 Å². The highest BCUT2D eigenvalue weighted by Crippen LogP contribution is 2.27. The van der Waals surface area contributed by atoms with E-state index in [-0.39, 0.29) is 6.61 Å². The van der Waals surface area contributed by atoms with Gasteiger partial charge in [0.1, 0.15) is 0 Å². The first-order valence-electron chi connectivity index (χ1n) is 4.10. The Kier molecular flexibility index (Phi) is 4.54. The van der Waals surface area contributed by atoms with E-state index in [1.165, 1.54) is 11.8 Å². The van der Waals surface area contributed by atoms with Gasteiger partial charge in [-0.05, 0) is 18.2 Å². The van der Waals surface area contributed by atoms with Crippen LogP contribution >= 0.6 is 23.4 Å². The van der Waals surface area contributed by atoms with Crippen molar-refractivity contribution < 1.29 is 10.2 Å². The van der Waals surface area contributed by atoms with E-state index in [1.54, 1.807) is 18.2 Å². The van der Waals surface area contributed by atoms with E-state index in [9.17, 15) is 0 Å². The quantitative estimate of drug-likeness (QED) is 0.543. The summed E-state index contributed by atoms with van der Waals surface area (Å²) < 4.78 is 0. The van der Waals surface area contributed by atoms with Crippen molar-refractivity contribution in [2.24, 2.45) is 0 Å². The van der Waals surface area contributed by atoms with Crippen molar-refractivity contribution in [2.45, 2.75) is 11.0 Å². The summed E-state index contributed by atoms with van der Waals surface area (Å²) in [4.78, 5) is 0.863. The summed E-state index contributed by atoms with van der Waals surface area (Å²) in [6.45, 7) is -0.236. The van der Waals surface area contributed by atoms with Crippen LogP contribution in [0.15, 0.2) is 23.1 Å². The van der Waals surface area contributed by atoms with Gasteiger partial charge < -0.3 is 15.9 Å². The first-order valence-corrected chi connectivity index (χ1v) is 5.46. The Balaban J connectivity index is 2.59. The minimum atomic E-state index is -0.713. The molecule has 0 fully saturated rings. The van der Waals surface area contributed by atoms with Crippen LogP contribution in [0.25, 0.3) is 0 Å². The third kappa shape index (κ3) is 3.38. The second kappa shape index (κ2) is 5.46. The van der Waals surface area contributed by atoms with Gasteiger partial charge in [0.15, 0.2) is 0 Å². The lowest BCUT2D eigenvalue weighted by Gasteiger charge is -2.08. The smallest absolute Gasteiger partial charge is 0.0864 e. The van der Waals surface area contributed by atoms with Gasteiger partial charge in [0, 0.05) is 21.4 Å². The number of halogens is 1. The highest BCUT2D eigenvalue weighted by Gasteiger charge is 2.05. The van der Waals surface area contributed by atoms with Crippen LogP contribution < -0.4 is 5.73 Å². The van der Waals surface area contributed by atoms with Crippen LogP contribution in [-0.4, -0.2) is 28.7 Å². The van der Waals surface area contributed by atoms with Crippen LogP contribution in [0.1, 0.15) is 0 Å². The molecule has 14 heavy (non-hydrogen) atoms. The summed E-state index contributed by atoms with van der Waals surface area (Å²) in [6.07, 6.45) is -0.713. The van der Waals surface area contributed by atoms with E-state index in [2.05, 4.69) is 0 Å². The maximum absolute atomic E-state index is 9.13. The summed E-state index contributed by atoms with van der Waals surface area (Å²) in [7, 11) is 0. The van der Waals surface area contributed by atoms with Crippen molar-refractivity contribution in [1.29, 1.82) is 0 Å². The molecule has 0 aliphatic carbocycles. The predicted molar refractivity (Wildman–Crippen MR) is 59.7 cm³/mol. The Bertz CT molecular complexity index is 309. The highest BCUT2D eigenvalue weighted by atomic mass is 35.5. The van der Waals surface area contributed by atoms with Gasteiger partial charge in [-0.1, -0.05) is 11.6 Å². The van der Waals surface area contributed by atoms with Gasteiger partial charge in [-0.2, -0.15) is 0 Å². The van der Waals surface area contributed by atoms with E-state index < -0.39 is 6.10 Å². The number of anilines is 1. The van der Waals surface area contributed by atoms with Gasteiger partial charge in [0.05, 0.1) is 12.7 Å². The molecule has 1 aromatic rings. The molecule has 0 bridgehead atoms. The van der Waals surface area contributed by atoms with Gasteiger partial charge in [0.25, 0.3) is 0 Å². The van der Waals surface area contributed by atoms with Crippen LogP contribution in [0, 0.1) is 0 Å². The number of nitrogens with two attached hydrogens (primary N) is 1. The van der Waals surface area contributed by atoms with Gasteiger partial charge in [-0.25, -0.2) is 0 Å². The zero-order valence-electron chi connectivity index (χ0n) is 7.48. The minimum Gasteiger partial charge on any atom is -0.398 e. The van der Waals surface area contributed by atoms with Gasteiger partial charge in [0.2, 0.25) is 0 Å². The molecule has 1 aromatic carbocycles. The average Bonchev–Trinajstić information content (AvgIpc) is 2.16. The van der Waals surface area contributed by atoms with Gasteiger partial charge in [-0.15, -0.1) is 11.8 Å². The highest BCUT2D eigenvalue weighted by molar-refractivity contribution is 7.99. The number of aliphatic hydroxyl groups is 2. The summed E-state index contributed by atoms with van der Waals surface area (Å²) in [6, 6.07) is 5.20. The zero-order chi connectivity index (χ0) is 10.6. The first-order chi connectivity index (χ1) is 6.63. The molecule has 0 aromatic heterocycles. The molecule has 0 radical (unpaired) electrons. The molecule has 0 saturated heterocycles. The zero-order valence-corrected chi connectivity index (χ0v) is 9.05. The fourth-order valence-electron chi connectivity index (χ4n) is 0.889. The van der Waals surface area contributed by atoms with Crippen LogP contribution in [-0.2, 0) is 0 Å². The summed E-state index contributed by atoms with van der Waals surface area (Å²) in [5.41, 5.74) is 6.29. The largest absolute Gasteiger partial charge is 0.398 e. The molecule has 0 amide bonds. The van der Waals surface area contributed by atoms with E-state index in [1.807, 2.05) is 0 Å². The lowest BCUT2D eigenvalue weighted by Crippen LogP contribution is -2.14. The lowest BCUT2D eigenvalue weighted by atomic mass is 10.3. The summed E-state index contributed by atoms with van der Waals surface area (Å²) in [5, 5.41) is 18.3. The van der Waals surface area contributed by atoms with Crippen LogP contribution in [0.4, 0.5) is 5.69 Å². The summed E-state index contributed by atoms with van der Waals surface area (Å²) >= 11 is 7.12. The molecule has 0 aliphatic heterocycles. The fraction of sp³-hybridized carbons (Fsp3) is 0.333. The number of benzene rings is 1. The molecule has 78 valence electrons. The normalized spacial score (nSPS) is 12.8. The Morgan fingerprint density at radius 1 is 1.50 bits per heavy atom. The Hall–Kier alpha value is -0.420. The maximum Gasteiger partial charge on any atom is 0.0864 e. The van der Waals surface area contributed by atoms with Crippen molar-refractivity contribution in [3.63, 3.8) is 0 Å². The van der Waals surface area contributed by atoms with Gasteiger partial charge >= 0.3 is 0 Å². The average molecular weight is 234 g/mol. The van der Waals surface area contributed by atoms with Crippen molar-refractivity contribution in [2.75, 3.05) is 18.1 Å². The van der Waals surface area contributed by atoms with E-state index >= 15 is 0 Å². The number of aliphatic hydroxyl groups excluding tert-OH is 2. The van der Waals surface area contributed by atoms with Crippen LogP contribution in [0.3, 0.4) is 0 Å². The molecule has 1 unspecified atom stereocenters. The Morgan fingerprint density at radius 2 is 2.21 bits per heavy atom. The van der Waals surface area contributed by atoms with Crippen molar-refractivity contribution in [3.05, 3.63) is 23.2 Å². The van der Waals surface area contributed by atoms with Gasteiger partial charge in [-0.3, -0.25) is 0 Å². The molecular formula is C9H12ClNO2S. The monoisotopic (exact) mass is 233 g/mol. The standard InChI is InChI=1S/C9H12ClNO2S/c10-6-1-2-9(8(11)3-6)14-5-7(13)4-12/h1-3,7,12-13H,4-5,11H2. The number of thioether (sulfide) groups is 1. The molecule has 1 atom stereocenters.